The van der Waals surface area contributed by atoms with E-state index in [1.165, 1.54) is 6.07 Å². The Labute approximate surface area is 158 Å². The van der Waals surface area contributed by atoms with E-state index in [0.717, 1.165) is 6.42 Å². The Balaban J connectivity index is 1.48. The molecule has 2 atom stereocenters. The van der Waals surface area contributed by atoms with E-state index in [4.69, 9.17) is 0 Å². The Hall–Kier alpha value is -2.00. The Kier molecular flexibility index (Phi) is 6.11. The van der Waals surface area contributed by atoms with E-state index in [2.05, 4.69) is 10.6 Å². The molecule has 0 radical (unpaired) electrons. The van der Waals surface area contributed by atoms with Gasteiger partial charge in [0.25, 0.3) is 0 Å². The van der Waals surface area contributed by atoms with Gasteiger partial charge < -0.3 is 10.6 Å². The fourth-order valence-corrected chi connectivity index (χ4v) is 5.30. The van der Waals surface area contributed by atoms with Gasteiger partial charge in [0, 0.05) is 18.2 Å². The van der Waals surface area contributed by atoms with E-state index in [0.29, 0.717) is 31.5 Å². The van der Waals surface area contributed by atoms with E-state index in [9.17, 15) is 22.4 Å². The summed E-state index contributed by atoms with van der Waals surface area (Å²) in [5.74, 6) is -0.931. The summed E-state index contributed by atoms with van der Waals surface area (Å²) in [4.78, 5) is 26.3. The van der Waals surface area contributed by atoms with Gasteiger partial charge in [-0.1, -0.05) is 18.2 Å². The first-order valence-corrected chi connectivity index (χ1v) is 10.9. The molecular formula is C18H24FN3O4S. The van der Waals surface area contributed by atoms with Crippen LogP contribution in [-0.2, 0) is 26.0 Å². The van der Waals surface area contributed by atoms with Crippen molar-refractivity contribution in [2.45, 2.75) is 37.9 Å². The second kappa shape index (κ2) is 8.35. The zero-order valence-electron chi connectivity index (χ0n) is 15.0. The van der Waals surface area contributed by atoms with Crippen LogP contribution in [0.5, 0.6) is 0 Å². The number of hydrogen-bond acceptors (Lipinski definition) is 5. The molecule has 0 aliphatic carbocycles. The molecule has 2 heterocycles. The minimum absolute atomic E-state index is 0.0499. The summed E-state index contributed by atoms with van der Waals surface area (Å²) in [5.41, 5.74) is 0.539. The second-order valence-electron chi connectivity index (χ2n) is 7.11. The molecule has 0 aromatic heterocycles. The molecule has 27 heavy (non-hydrogen) atoms. The molecule has 9 heteroatoms. The molecule has 3 rings (SSSR count). The number of likely N-dealkylation sites (tertiary alicyclic amines) is 1. The number of sulfone groups is 1. The van der Waals surface area contributed by atoms with Gasteiger partial charge in [-0.3, -0.25) is 14.5 Å². The minimum atomic E-state index is -3.07. The van der Waals surface area contributed by atoms with Crippen LogP contribution in [0.2, 0.25) is 0 Å². The van der Waals surface area contributed by atoms with Crippen molar-refractivity contribution in [3.05, 3.63) is 35.6 Å². The summed E-state index contributed by atoms with van der Waals surface area (Å²) in [5, 5.41) is 5.26. The van der Waals surface area contributed by atoms with E-state index in [1.54, 1.807) is 18.2 Å². The lowest BCUT2D eigenvalue weighted by atomic mass is 10.1. The zero-order chi connectivity index (χ0) is 19.4. The maximum atomic E-state index is 13.9. The summed E-state index contributed by atoms with van der Waals surface area (Å²) in [6.07, 6.45) is 1.89. The molecule has 2 unspecified atom stereocenters. The summed E-state index contributed by atoms with van der Waals surface area (Å²) < 4.78 is 36.7. The van der Waals surface area contributed by atoms with Crippen molar-refractivity contribution in [2.75, 3.05) is 24.6 Å². The van der Waals surface area contributed by atoms with Gasteiger partial charge in [-0.05, 0) is 31.9 Å². The Morgan fingerprint density at radius 2 is 2.00 bits per heavy atom. The van der Waals surface area contributed by atoms with Gasteiger partial charge in [0.05, 0.1) is 24.1 Å². The molecule has 0 spiro atoms. The SMILES string of the molecule is O=C(CNC(=O)C1CCCN1Cc1ccccc1F)NC1CCS(=O)(=O)C1. The maximum absolute atomic E-state index is 13.9. The van der Waals surface area contributed by atoms with Crippen molar-refractivity contribution in [1.29, 1.82) is 0 Å². The van der Waals surface area contributed by atoms with Gasteiger partial charge in [0.15, 0.2) is 9.84 Å². The molecule has 1 aromatic carbocycles. The van der Waals surface area contributed by atoms with Crippen molar-refractivity contribution in [1.82, 2.24) is 15.5 Å². The quantitative estimate of drug-likeness (QED) is 0.716. The predicted octanol–water partition coefficient (Wildman–Crippen LogP) is 0.210. The van der Waals surface area contributed by atoms with Crippen molar-refractivity contribution in [3.63, 3.8) is 0 Å². The molecule has 148 valence electrons. The number of hydrogen-bond donors (Lipinski definition) is 2. The van der Waals surface area contributed by atoms with Gasteiger partial charge in [0.2, 0.25) is 11.8 Å². The third-order valence-corrected chi connectivity index (χ3v) is 6.79. The van der Waals surface area contributed by atoms with Crippen LogP contribution in [-0.4, -0.2) is 61.8 Å². The highest BCUT2D eigenvalue weighted by molar-refractivity contribution is 7.91. The van der Waals surface area contributed by atoms with Crippen LogP contribution >= 0.6 is 0 Å². The average Bonchev–Trinajstić information content (AvgIpc) is 3.21. The van der Waals surface area contributed by atoms with Gasteiger partial charge in [-0.25, -0.2) is 12.8 Å². The van der Waals surface area contributed by atoms with Gasteiger partial charge >= 0.3 is 0 Å². The fraction of sp³-hybridized carbons (Fsp3) is 0.556. The highest BCUT2D eigenvalue weighted by Crippen LogP contribution is 2.21. The van der Waals surface area contributed by atoms with E-state index in [1.807, 2.05) is 4.90 Å². The Morgan fingerprint density at radius 3 is 2.70 bits per heavy atom. The van der Waals surface area contributed by atoms with Crippen LogP contribution in [0, 0.1) is 5.82 Å². The Bertz CT molecular complexity index is 815. The third kappa shape index (κ3) is 5.26. The molecule has 1 aromatic rings. The van der Waals surface area contributed by atoms with Gasteiger partial charge in [-0.15, -0.1) is 0 Å². The van der Waals surface area contributed by atoms with Crippen molar-refractivity contribution < 1.29 is 22.4 Å². The number of benzene rings is 1. The highest BCUT2D eigenvalue weighted by atomic mass is 32.2. The van der Waals surface area contributed by atoms with E-state index in [-0.39, 0.29) is 35.8 Å². The van der Waals surface area contributed by atoms with E-state index < -0.39 is 21.8 Å². The smallest absolute Gasteiger partial charge is 0.239 e. The number of carbonyl (C=O) groups excluding carboxylic acids is 2. The summed E-state index contributed by atoms with van der Waals surface area (Å²) >= 11 is 0. The second-order valence-corrected chi connectivity index (χ2v) is 9.33. The normalized spacial score (nSPS) is 24.6. The van der Waals surface area contributed by atoms with Crippen LogP contribution in [0.4, 0.5) is 4.39 Å². The van der Waals surface area contributed by atoms with Crippen molar-refractivity contribution in [2.24, 2.45) is 0 Å². The van der Waals surface area contributed by atoms with Crippen molar-refractivity contribution >= 4 is 21.7 Å². The number of rotatable bonds is 6. The summed E-state index contributed by atoms with van der Waals surface area (Å²) in [7, 11) is -3.07. The minimum Gasteiger partial charge on any atom is -0.351 e. The van der Waals surface area contributed by atoms with Crippen LogP contribution in [0.3, 0.4) is 0 Å². The summed E-state index contributed by atoms with van der Waals surface area (Å²) in [6, 6.07) is 5.70. The molecule has 7 nitrogen and oxygen atoms in total. The van der Waals surface area contributed by atoms with Crippen molar-refractivity contribution in [3.8, 4) is 0 Å². The molecule has 0 saturated carbocycles. The summed E-state index contributed by atoms with van der Waals surface area (Å²) in [6.45, 7) is 0.842. The van der Waals surface area contributed by atoms with Crippen LogP contribution in [0.15, 0.2) is 24.3 Å². The highest BCUT2D eigenvalue weighted by Gasteiger charge is 2.32. The molecule has 2 N–H and O–H groups in total. The molecule has 2 fully saturated rings. The molecule has 0 bridgehead atoms. The van der Waals surface area contributed by atoms with Gasteiger partial charge in [-0.2, -0.15) is 0 Å². The maximum Gasteiger partial charge on any atom is 0.239 e. The molecule has 2 amide bonds. The molecular weight excluding hydrogens is 373 g/mol. The number of nitrogens with one attached hydrogen (secondary N) is 2. The lowest BCUT2D eigenvalue weighted by Gasteiger charge is -2.24. The number of amides is 2. The van der Waals surface area contributed by atoms with Crippen LogP contribution < -0.4 is 10.6 Å². The fourth-order valence-electron chi connectivity index (χ4n) is 3.63. The Morgan fingerprint density at radius 1 is 1.22 bits per heavy atom. The predicted molar refractivity (Wildman–Crippen MR) is 98.0 cm³/mol. The number of carbonyl (C=O) groups is 2. The molecule has 2 aliphatic rings. The van der Waals surface area contributed by atoms with Gasteiger partial charge in [0.1, 0.15) is 5.82 Å². The molecule has 2 saturated heterocycles. The third-order valence-electron chi connectivity index (χ3n) is 5.02. The zero-order valence-corrected chi connectivity index (χ0v) is 15.8. The first kappa shape index (κ1) is 19.8. The molecule has 2 aliphatic heterocycles. The van der Waals surface area contributed by atoms with Crippen LogP contribution in [0.1, 0.15) is 24.8 Å². The first-order valence-electron chi connectivity index (χ1n) is 9.09. The lowest BCUT2D eigenvalue weighted by molar-refractivity contribution is -0.129. The lowest BCUT2D eigenvalue weighted by Crippen LogP contribution is -2.47. The number of nitrogens with zero attached hydrogens (tertiary/aromatic N) is 1. The largest absolute Gasteiger partial charge is 0.351 e. The standard InChI is InChI=1S/C18H24FN3O4S/c19-15-5-2-1-4-13(15)11-22-8-3-6-16(22)18(24)20-10-17(23)21-14-7-9-27(25,26)12-14/h1-2,4-5,14,16H,3,6-12H2,(H,20,24)(H,21,23). The number of halogens is 1. The monoisotopic (exact) mass is 397 g/mol. The topological polar surface area (TPSA) is 95.6 Å². The van der Waals surface area contributed by atoms with Crippen LogP contribution in [0.25, 0.3) is 0 Å². The first-order chi connectivity index (χ1) is 12.8. The average molecular weight is 397 g/mol. The van der Waals surface area contributed by atoms with E-state index >= 15 is 0 Å².